The van der Waals surface area contributed by atoms with E-state index in [1.54, 1.807) is 21.4 Å². The molecule has 0 radical (unpaired) electrons. The highest BCUT2D eigenvalue weighted by molar-refractivity contribution is 6.30. The topological polar surface area (TPSA) is 61.9 Å². The second kappa shape index (κ2) is 7.56. The van der Waals surface area contributed by atoms with Crippen LogP contribution in [0.4, 0.5) is 0 Å². The van der Waals surface area contributed by atoms with Gasteiger partial charge in [0.2, 0.25) is 5.88 Å². The van der Waals surface area contributed by atoms with E-state index in [1.165, 1.54) is 0 Å². The molecule has 154 valence electrons. The van der Waals surface area contributed by atoms with Gasteiger partial charge >= 0.3 is 0 Å². The lowest BCUT2D eigenvalue weighted by Crippen LogP contribution is -2.21. The predicted molar refractivity (Wildman–Crippen MR) is 123 cm³/mol. The van der Waals surface area contributed by atoms with E-state index in [-0.39, 0.29) is 5.56 Å². The normalized spacial score (nSPS) is 11.3. The molecule has 0 fully saturated rings. The Morgan fingerprint density at radius 3 is 2.58 bits per heavy atom. The molecular weight excluding hydrogens is 412 g/mol. The second-order valence-electron chi connectivity index (χ2n) is 7.25. The van der Waals surface area contributed by atoms with Crippen LogP contribution in [0, 0.1) is 0 Å². The maximum Gasteiger partial charge on any atom is 0.264 e. The van der Waals surface area contributed by atoms with Crippen molar-refractivity contribution in [2.75, 3.05) is 6.61 Å². The smallest absolute Gasteiger partial charge is 0.264 e. The first-order chi connectivity index (χ1) is 15.0. The number of halogens is 1. The van der Waals surface area contributed by atoms with E-state index in [4.69, 9.17) is 16.3 Å². The third-order valence-electron chi connectivity index (χ3n) is 5.13. The molecule has 31 heavy (non-hydrogen) atoms. The first-order valence-electron chi connectivity index (χ1n) is 9.93. The average molecular weight is 431 g/mol. The number of fused-ring (bicyclic) bond motifs is 2. The van der Waals surface area contributed by atoms with Gasteiger partial charge in [0.15, 0.2) is 5.65 Å². The summed E-state index contributed by atoms with van der Waals surface area (Å²) in [6, 6.07) is 18.6. The fourth-order valence-corrected chi connectivity index (χ4v) is 3.87. The number of pyridine rings is 2. The summed E-state index contributed by atoms with van der Waals surface area (Å²) in [5, 5.41) is 6.82. The molecule has 2 aromatic carbocycles. The van der Waals surface area contributed by atoms with Crippen molar-refractivity contribution in [3.8, 4) is 22.7 Å². The molecule has 7 heteroatoms. The van der Waals surface area contributed by atoms with Crippen LogP contribution in [-0.2, 0) is 7.05 Å². The van der Waals surface area contributed by atoms with Gasteiger partial charge < -0.3 is 4.74 Å². The summed E-state index contributed by atoms with van der Waals surface area (Å²) >= 11 is 6.08. The predicted octanol–water partition coefficient (Wildman–Crippen LogP) is 4.99. The SMILES string of the molecule is CCOc1ccc2cc(-c3ccc4nn(C)cc4c3)c(=O)n(-c3ccc(Cl)cc3)c2n1. The second-order valence-corrected chi connectivity index (χ2v) is 7.68. The summed E-state index contributed by atoms with van der Waals surface area (Å²) in [6.07, 6.45) is 1.94. The molecule has 0 N–H and O–H groups in total. The molecule has 6 nitrogen and oxygen atoms in total. The number of nitrogens with zero attached hydrogens (tertiary/aromatic N) is 4. The van der Waals surface area contributed by atoms with E-state index in [0.717, 1.165) is 21.9 Å². The van der Waals surface area contributed by atoms with Gasteiger partial charge in [-0.3, -0.25) is 14.0 Å². The zero-order chi connectivity index (χ0) is 21.5. The van der Waals surface area contributed by atoms with Crippen LogP contribution >= 0.6 is 11.6 Å². The molecule has 0 aliphatic heterocycles. The van der Waals surface area contributed by atoms with E-state index in [1.807, 2.05) is 68.7 Å². The molecule has 3 aromatic heterocycles. The van der Waals surface area contributed by atoms with E-state index in [2.05, 4.69) is 10.1 Å². The lowest BCUT2D eigenvalue weighted by Gasteiger charge is -2.14. The number of rotatable bonds is 4. The van der Waals surface area contributed by atoms with Gasteiger partial charge in [-0.1, -0.05) is 17.7 Å². The third kappa shape index (κ3) is 3.45. The molecular formula is C24H19ClN4O2. The van der Waals surface area contributed by atoms with Gasteiger partial charge in [0.05, 0.1) is 17.8 Å². The maximum absolute atomic E-state index is 13.7. The number of benzene rings is 2. The Hall–Kier alpha value is -3.64. The number of ether oxygens (including phenoxy) is 1. The highest BCUT2D eigenvalue weighted by Crippen LogP contribution is 2.27. The van der Waals surface area contributed by atoms with Crippen molar-refractivity contribution in [1.82, 2.24) is 19.3 Å². The molecule has 0 saturated carbocycles. The van der Waals surface area contributed by atoms with E-state index < -0.39 is 0 Å². The Morgan fingerprint density at radius 2 is 1.81 bits per heavy atom. The van der Waals surface area contributed by atoms with Crippen molar-refractivity contribution < 1.29 is 4.74 Å². The minimum atomic E-state index is -0.167. The molecule has 0 bridgehead atoms. The van der Waals surface area contributed by atoms with Crippen LogP contribution in [0.2, 0.25) is 5.02 Å². The molecule has 0 aliphatic carbocycles. The van der Waals surface area contributed by atoms with Gasteiger partial charge in [-0.05, 0) is 61.0 Å². The van der Waals surface area contributed by atoms with Crippen molar-refractivity contribution in [2.24, 2.45) is 7.05 Å². The van der Waals surface area contributed by atoms with Gasteiger partial charge in [-0.2, -0.15) is 10.1 Å². The Bertz CT molecular complexity index is 1490. The van der Waals surface area contributed by atoms with Crippen molar-refractivity contribution in [3.63, 3.8) is 0 Å². The third-order valence-corrected chi connectivity index (χ3v) is 5.38. The minimum absolute atomic E-state index is 0.167. The number of aryl methyl sites for hydroxylation is 1. The zero-order valence-corrected chi connectivity index (χ0v) is 17.8. The van der Waals surface area contributed by atoms with Crippen LogP contribution in [0.5, 0.6) is 5.88 Å². The summed E-state index contributed by atoms with van der Waals surface area (Å²) in [6.45, 7) is 2.39. The van der Waals surface area contributed by atoms with E-state index in [0.29, 0.717) is 34.4 Å². The summed E-state index contributed by atoms with van der Waals surface area (Å²) in [5.74, 6) is 0.474. The number of aromatic nitrogens is 4. The van der Waals surface area contributed by atoms with E-state index in [9.17, 15) is 4.79 Å². The summed E-state index contributed by atoms with van der Waals surface area (Å²) in [5.41, 5.74) is 3.34. The number of hydrogen-bond donors (Lipinski definition) is 0. The zero-order valence-electron chi connectivity index (χ0n) is 17.0. The first-order valence-corrected chi connectivity index (χ1v) is 10.3. The van der Waals surface area contributed by atoms with Crippen molar-refractivity contribution in [1.29, 1.82) is 0 Å². The van der Waals surface area contributed by atoms with Gasteiger partial charge in [-0.25, -0.2) is 0 Å². The molecule has 0 atom stereocenters. The summed E-state index contributed by atoms with van der Waals surface area (Å²) in [7, 11) is 1.88. The number of hydrogen-bond acceptors (Lipinski definition) is 4. The molecule has 0 saturated heterocycles. The lowest BCUT2D eigenvalue weighted by atomic mass is 10.0. The molecule has 0 unspecified atom stereocenters. The molecule has 3 heterocycles. The van der Waals surface area contributed by atoms with Crippen LogP contribution in [0.15, 0.2) is 71.7 Å². The average Bonchev–Trinajstić information content (AvgIpc) is 3.14. The fourth-order valence-electron chi connectivity index (χ4n) is 3.75. The Balaban J connectivity index is 1.81. The molecule has 0 aliphatic rings. The Labute approximate surface area is 183 Å². The van der Waals surface area contributed by atoms with E-state index >= 15 is 0 Å². The van der Waals surface area contributed by atoms with Crippen molar-refractivity contribution in [2.45, 2.75) is 6.92 Å². The quantitative estimate of drug-likeness (QED) is 0.403. The fraction of sp³-hybridized carbons (Fsp3) is 0.125. The summed E-state index contributed by atoms with van der Waals surface area (Å²) in [4.78, 5) is 18.3. The van der Waals surface area contributed by atoms with Crippen LogP contribution in [-0.4, -0.2) is 25.9 Å². The monoisotopic (exact) mass is 430 g/mol. The van der Waals surface area contributed by atoms with Crippen LogP contribution in [0.3, 0.4) is 0 Å². The molecule has 5 rings (SSSR count). The van der Waals surface area contributed by atoms with Crippen LogP contribution in [0.25, 0.3) is 38.8 Å². The largest absolute Gasteiger partial charge is 0.478 e. The Morgan fingerprint density at radius 1 is 1.00 bits per heavy atom. The standard InChI is InChI=1S/C24H19ClN4O2/c1-3-31-22-11-5-16-13-20(15-4-10-21-17(12-15)14-28(2)27-21)24(30)29(23(16)26-22)19-8-6-18(25)7-9-19/h4-14H,3H2,1-2H3. The lowest BCUT2D eigenvalue weighted by molar-refractivity contribution is 0.328. The molecule has 5 aromatic rings. The highest BCUT2D eigenvalue weighted by atomic mass is 35.5. The maximum atomic E-state index is 13.7. The van der Waals surface area contributed by atoms with Gasteiger partial charge in [-0.15, -0.1) is 0 Å². The van der Waals surface area contributed by atoms with Crippen LogP contribution in [0.1, 0.15) is 6.92 Å². The summed E-state index contributed by atoms with van der Waals surface area (Å²) < 4.78 is 8.94. The molecule has 0 amide bonds. The van der Waals surface area contributed by atoms with Gasteiger partial charge in [0.1, 0.15) is 0 Å². The van der Waals surface area contributed by atoms with Crippen LogP contribution < -0.4 is 10.3 Å². The van der Waals surface area contributed by atoms with Gasteiger partial charge in [0, 0.05) is 40.7 Å². The minimum Gasteiger partial charge on any atom is -0.478 e. The van der Waals surface area contributed by atoms with Crippen molar-refractivity contribution >= 4 is 33.5 Å². The van der Waals surface area contributed by atoms with Crippen molar-refractivity contribution in [3.05, 3.63) is 82.2 Å². The Kier molecular flexibility index (Phi) is 4.71. The van der Waals surface area contributed by atoms with Gasteiger partial charge in [0.25, 0.3) is 5.56 Å². The molecule has 0 spiro atoms. The highest BCUT2D eigenvalue weighted by Gasteiger charge is 2.15. The first kappa shape index (κ1) is 19.3.